The molecule has 8 heteroatoms. The maximum atomic E-state index is 12.4. The fourth-order valence-electron chi connectivity index (χ4n) is 2.41. The van der Waals surface area contributed by atoms with Crippen molar-refractivity contribution in [3.8, 4) is 0 Å². The molecule has 0 fully saturated rings. The minimum Gasteiger partial charge on any atom is -0.444 e. The predicted molar refractivity (Wildman–Crippen MR) is 96.4 cm³/mol. The number of rotatable bonds is 7. The van der Waals surface area contributed by atoms with Crippen molar-refractivity contribution >= 4 is 22.0 Å². The molecule has 1 atom stereocenters. The van der Waals surface area contributed by atoms with Gasteiger partial charge in [0.1, 0.15) is 12.6 Å². The van der Waals surface area contributed by atoms with E-state index in [4.69, 9.17) is 10.5 Å². The minimum absolute atomic E-state index is 0.0380. The van der Waals surface area contributed by atoms with Gasteiger partial charge in [-0.15, -0.1) is 0 Å². The average Bonchev–Trinajstić information content (AvgIpc) is 2.60. The molecular weight excluding hydrogens is 356 g/mol. The minimum atomic E-state index is -4.07. The second kappa shape index (κ2) is 8.48. The molecule has 0 heterocycles. The van der Waals surface area contributed by atoms with E-state index in [2.05, 4.69) is 0 Å². The third-order valence-electron chi connectivity index (χ3n) is 3.63. The van der Waals surface area contributed by atoms with E-state index < -0.39 is 28.1 Å². The first kappa shape index (κ1) is 19.5. The SMILES string of the molecule is CS(=O)(=O)N(C(=O)OCc1ccccc1)C(Cc1ccccc1)C(N)=O. The van der Waals surface area contributed by atoms with Crippen LogP contribution >= 0.6 is 0 Å². The van der Waals surface area contributed by atoms with E-state index in [0.29, 0.717) is 15.4 Å². The first-order valence-electron chi connectivity index (χ1n) is 7.82. The zero-order chi connectivity index (χ0) is 19.2. The van der Waals surface area contributed by atoms with Crippen LogP contribution in [0.25, 0.3) is 0 Å². The Balaban J connectivity index is 2.23. The van der Waals surface area contributed by atoms with E-state index in [9.17, 15) is 18.0 Å². The Bertz CT molecular complexity index is 854. The third-order valence-corrected chi connectivity index (χ3v) is 4.74. The highest BCUT2D eigenvalue weighted by Crippen LogP contribution is 2.15. The third kappa shape index (κ3) is 5.32. The van der Waals surface area contributed by atoms with Gasteiger partial charge in [-0.25, -0.2) is 13.2 Å². The summed E-state index contributed by atoms with van der Waals surface area (Å²) in [6.45, 7) is -0.123. The Kier molecular flexibility index (Phi) is 6.35. The molecule has 2 amide bonds. The van der Waals surface area contributed by atoms with Crippen LogP contribution in [-0.4, -0.2) is 37.0 Å². The molecule has 2 aromatic rings. The predicted octanol–water partition coefficient (Wildman–Crippen LogP) is 1.68. The van der Waals surface area contributed by atoms with E-state index in [1.165, 1.54) is 0 Å². The maximum Gasteiger partial charge on any atom is 0.424 e. The van der Waals surface area contributed by atoms with E-state index in [-0.39, 0.29) is 13.0 Å². The van der Waals surface area contributed by atoms with Crippen LogP contribution in [0, 0.1) is 0 Å². The maximum absolute atomic E-state index is 12.4. The number of amides is 2. The van der Waals surface area contributed by atoms with Gasteiger partial charge in [0.05, 0.1) is 6.26 Å². The van der Waals surface area contributed by atoms with Gasteiger partial charge in [0, 0.05) is 6.42 Å². The van der Waals surface area contributed by atoms with E-state index in [0.717, 1.165) is 6.26 Å². The van der Waals surface area contributed by atoms with Crippen molar-refractivity contribution in [3.05, 3.63) is 71.8 Å². The normalized spacial score (nSPS) is 12.2. The highest BCUT2D eigenvalue weighted by atomic mass is 32.2. The van der Waals surface area contributed by atoms with Crippen LogP contribution in [-0.2, 0) is 32.6 Å². The highest BCUT2D eigenvalue weighted by Gasteiger charge is 2.36. The molecule has 0 bridgehead atoms. The molecule has 26 heavy (non-hydrogen) atoms. The zero-order valence-corrected chi connectivity index (χ0v) is 15.1. The number of nitrogens with zero attached hydrogens (tertiary/aromatic N) is 1. The quantitative estimate of drug-likeness (QED) is 0.791. The summed E-state index contributed by atoms with van der Waals surface area (Å²) in [6.07, 6.45) is -0.349. The van der Waals surface area contributed by atoms with Crippen LogP contribution in [0.4, 0.5) is 4.79 Å². The van der Waals surface area contributed by atoms with E-state index >= 15 is 0 Å². The Hall–Kier alpha value is -2.87. The molecule has 2 N–H and O–H groups in total. The van der Waals surface area contributed by atoms with Crippen LogP contribution in [0.3, 0.4) is 0 Å². The number of nitrogens with two attached hydrogens (primary N) is 1. The number of sulfonamides is 1. The van der Waals surface area contributed by atoms with Crippen molar-refractivity contribution in [2.45, 2.75) is 19.1 Å². The van der Waals surface area contributed by atoms with Crippen LogP contribution < -0.4 is 5.73 Å². The topological polar surface area (TPSA) is 107 Å². The fraction of sp³-hybridized carbons (Fsp3) is 0.222. The summed E-state index contributed by atoms with van der Waals surface area (Å²) in [4.78, 5) is 24.3. The smallest absolute Gasteiger partial charge is 0.424 e. The average molecular weight is 376 g/mol. The molecule has 7 nitrogen and oxygen atoms in total. The van der Waals surface area contributed by atoms with E-state index in [1.807, 2.05) is 0 Å². The zero-order valence-electron chi connectivity index (χ0n) is 14.2. The van der Waals surface area contributed by atoms with Gasteiger partial charge < -0.3 is 10.5 Å². The summed E-state index contributed by atoms with van der Waals surface area (Å²) in [5.74, 6) is -0.934. The van der Waals surface area contributed by atoms with E-state index in [1.54, 1.807) is 60.7 Å². The molecular formula is C18H20N2O5S. The van der Waals surface area contributed by atoms with Gasteiger partial charge in [-0.1, -0.05) is 60.7 Å². The summed E-state index contributed by atoms with van der Waals surface area (Å²) in [7, 11) is -4.07. The number of hydrogen-bond acceptors (Lipinski definition) is 5. The number of ether oxygens (including phenoxy) is 1. The van der Waals surface area contributed by atoms with Gasteiger partial charge in [0.25, 0.3) is 0 Å². The monoisotopic (exact) mass is 376 g/mol. The molecule has 0 aliphatic rings. The molecule has 0 aliphatic carbocycles. The Morgan fingerprint density at radius 1 is 1.00 bits per heavy atom. The van der Waals surface area contributed by atoms with Gasteiger partial charge in [-0.05, 0) is 11.1 Å². The second-order valence-electron chi connectivity index (χ2n) is 5.71. The second-order valence-corrected chi connectivity index (χ2v) is 7.57. The lowest BCUT2D eigenvalue weighted by molar-refractivity contribution is -0.121. The first-order chi connectivity index (χ1) is 12.3. The van der Waals surface area contributed by atoms with Gasteiger partial charge in [-0.3, -0.25) is 4.79 Å². The summed E-state index contributed by atoms with van der Waals surface area (Å²) in [5, 5.41) is 0. The number of carbonyl (C=O) groups is 2. The summed E-state index contributed by atoms with van der Waals surface area (Å²) >= 11 is 0. The number of hydrogen-bond donors (Lipinski definition) is 1. The lowest BCUT2D eigenvalue weighted by Gasteiger charge is -2.27. The van der Waals surface area contributed by atoms with Crippen LogP contribution in [0.1, 0.15) is 11.1 Å². The summed E-state index contributed by atoms with van der Waals surface area (Å²) < 4.78 is 29.8. The Morgan fingerprint density at radius 3 is 1.96 bits per heavy atom. The van der Waals surface area contributed by atoms with Crippen molar-refractivity contribution in [2.24, 2.45) is 5.73 Å². The van der Waals surface area contributed by atoms with Gasteiger partial charge in [0.2, 0.25) is 15.9 Å². The van der Waals surface area contributed by atoms with Crippen molar-refractivity contribution in [3.63, 3.8) is 0 Å². The van der Waals surface area contributed by atoms with Crippen molar-refractivity contribution in [1.82, 2.24) is 4.31 Å². The Labute approximate surface area is 152 Å². The van der Waals surface area contributed by atoms with Crippen molar-refractivity contribution in [1.29, 1.82) is 0 Å². The Morgan fingerprint density at radius 2 is 1.50 bits per heavy atom. The lowest BCUT2D eigenvalue weighted by atomic mass is 10.1. The lowest BCUT2D eigenvalue weighted by Crippen LogP contribution is -2.51. The molecule has 0 radical (unpaired) electrons. The molecule has 2 rings (SSSR count). The molecule has 138 valence electrons. The van der Waals surface area contributed by atoms with Crippen LogP contribution in [0.5, 0.6) is 0 Å². The molecule has 0 aromatic heterocycles. The first-order valence-corrected chi connectivity index (χ1v) is 9.67. The van der Waals surface area contributed by atoms with Gasteiger partial charge >= 0.3 is 6.09 Å². The van der Waals surface area contributed by atoms with Gasteiger partial charge in [0.15, 0.2) is 0 Å². The summed E-state index contributed by atoms with van der Waals surface area (Å²) in [6, 6.07) is 16.1. The van der Waals surface area contributed by atoms with Crippen LogP contribution in [0.15, 0.2) is 60.7 Å². The highest BCUT2D eigenvalue weighted by molar-refractivity contribution is 7.88. The van der Waals surface area contributed by atoms with Crippen LogP contribution in [0.2, 0.25) is 0 Å². The van der Waals surface area contributed by atoms with Gasteiger partial charge in [-0.2, -0.15) is 4.31 Å². The standard InChI is InChI=1S/C18H20N2O5S/c1-26(23,24)20(18(22)25-13-15-10-6-3-7-11-15)16(17(19)21)12-14-8-4-2-5-9-14/h2-11,16H,12-13H2,1H3,(H2,19,21). The molecule has 0 saturated heterocycles. The fourth-order valence-corrected chi connectivity index (χ4v) is 3.38. The molecule has 2 aromatic carbocycles. The largest absolute Gasteiger partial charge is 0.444 e. The molecule has 0 aliphatic heterocycles. The van der Waals surface area contributed by atoms with Crippen molar-refractivity contribution < 1.29 is 22.7 Å². The summed E-state index contributed by atoms with van der Waals surface area (Å²) in [5.41, 5.74) is 6.73. The molecule has 0 spiro atoms. The number of primary amides is 1. The number of carbonyl (C=O) groups excluding carboxylic acids is 2. The van der Waals surface area contributed by atoms with Crippen molar-refractivity contribution in [2.75, 3.05) is 6.26 Å². The number of benzene rings is 2. The molecule has 0 saturated carbocycles. The molecule has 1 unspecified atom stereocenters.